The molecule has 0 saturated carbocycles. The number of H-pyrrole nitrogens is 1. The molecular weight excluding hydrogens is 307 g/mol. The summed E-state index contributed by atoms with van der Waals surface area (Å²) in [5.74, 6) is -1.22. The second-order valence-electron chi connectivity index (χ2n) is 6.32. The lowest BCUT2D eigenvalue weighted by Gasteiger charge is -2.29. The molecule has 122 valence electrons. The normalized spacial score (nSPS) is 20.1. The first-order chi connectivity index (χ1) is 11.5. The first kappa shape index (κ1) is 14.9. The lowest BCUT2D eigenvalue weighted by molar-refractivity contribution is -0.139. The van der Waals surface area contributed by atoms with Crippen LogP contribution in [0.15, 0.2) is 42.5 Å². The van der Waals surface area contributed by atoms with E-state index in [1.165, 1.54) is 12.1 Å². The number of aromatic nitrogens is 1. The molecule has 0 fully saturated rings. The molecular formula is C19H17FN2O2. The van der Waals surface area contributed by atoms with Crippen molar-refractivity contribution in [2.24, 2.45) is 0 Å². The van der Waals surface area contributed by atoms with Gasteiger partial charge in [-0.15, -0.1) is 0 Å². The topological polar surface area (TPSA) is 65.1 Å². The summed E-state index contributed by atoms with van der Waals surface area (Å²) >= 11 is 0. The molecule has 0 saturated heterocycles. The van der Waals surface area contributed by atoms with Crippen molar-refractivity contribution in [3.8, 4) is 0 Å². The van der Waals surface area contributed by atoms with E-state index in [0.717, 1.165) is 33.3 Å². The largest absolute Gasteiger partial charge is 0.480 e. The van der Waals surface area contributed by atoms with E-state index < -0.39 is 12.0 Å². The van der Waals surface area contributed by atoms with Gasteiger partial charge in [0.05, 0.1) is 6.04 Å². The highest BCUT2D eigenvalue weighted by Crippen LogP contribution is 2.35. The second kappa shape index (κ2) is 5.46. The number of rotatable bonds is 2. The molecule has 0 bridgehead atoms. The van der Waals surface area contributed by atoms with Crippen molar-refractivity contribution in [1.82, 2.24) is 10.3 Å². The van der Waals surface area contributed by atoms with Crippen LogP contribution in [0, 0.1) is 12.7 Å². The van der Waals surface area contributed by atoms with E-state index in [1.807, 2.05) is 37.3 Å². The number of aromatic amines is 1. The van der Waals surface area contributed by atoms with Crippen molar-refractivity contribution >= 4 is 16.9 Å². The average molecular weight is 324 g/mol. The van der Waals surface area contributed by atoms with Gasteiger partial charge >= 0.3 is 5.97 Å². The highest BCUT2D eigenvalue weighted by Gasteiger charge is 2.34. The van der Waals surface area contributed by atoms with Crippen LogP contribution >= 0.6 is 0 Å². The summed E-state index contributed by atoms with van der Waals surface area (Å²) in [6, 6.07) is 11.6. The van der Waals surface area contributed by atoms with Crippen molar-refractivity contribution in [2.75, 3.05) is 0 Å². The number of carboxylic acid groups (broad SMARTS) is 1. The van der Waals surface area contributed by atoms with Crippen molar-refractivity contribution in [3.05, 3.63) is 70.7 Å². The zero-order chi connectivity index (χ0) is 16.8. The molecule has 2 heterocycles. The monoisotopic (exact) mass is 324 g/mol. The van der Waals surface area contributed by atoms with Gasteiger partial charge in [0.1, 0.15) is 11.9 Å². The number of benzene rings is 2. The zero-order valence-corrected chi connectivity index (χ0v) is 13.1. The van der Waals surface area contributed by atoms with Crippen LogP contribution in [0.5, 0.6) is 0 Å². The van der Waals surface area contributed by atoms with Gasteiger partial charge in [0, 0.05) is 23.0 Å². The number of nitrogens with one attached hydrogen (secondary N) is 2. The Bertz CT molecular complexity index is 927. The minimum Gasteiger partial charge on any atom is -0.480 e. The van der Waals surface area contributed by atoms with Crippen molar-refractivity contribution < 1.29 is 14.3 Å². The van der Waals surface area contributed by atoms with Gasteiger partial charge in [0.15, 0.2) is 0 Å². The SMILES string of the molecule is Cc1cc(F)cc(C2NC(C(=O)O)Cc3c2[nH]c2ccccc32)c1. The molecule has 0 radical (unpaired) electrons. The van der Waals surface area contributed by atoms with Crippen LogP contribution in [0.2, 0.25) is 0 Å². The Morgan fingerprint density at radius 2 is 2.04 bits per heavy atom. The number of para-hydroxylation sites is 1. The van der Waals surface area contributed by atoms with E-state index in [2.05, 4.69) is 10.3 Å². The van der Waals surface area contributed by atoms with Crippen LogP contribution in [0.4, 0.5) is 4.39 Å². The number of fused-ring (bicyclic) bond motifs is 3. The van der Waals surface area contributed by atoms with Crippen molar-refractivity contribution in [3.63, 3.8) is 0 Å². The molecule has 0 spiro atoms. The van der Waals surface area contributed by atoms with E-state index in [4.69, 9.17) is 0 Å². The maximum Gasteiger partial charge on any atom is 0.321 e. The summed E-state index contributed by atoms with van der Waals surface area (Å²) in [5, 5.41) is 13.7. The van der Waals surface area contributed by atoms with Gasteiger partial charge < -0.3 is 10.1 Å². The minimum atomic E-state index is -0.899. The summed E-state index contributed by atoms with van der Waals surface area (Å²) in [6.07, 6.45) is 0.402. The molecule has 5 heteroatoms. The first-order valence-corrected chi connectivity index (χ1v) is 7.88. The molecule has 2 atom stereocenters. The quantitative estimate of drug-likeness (QED) is 0.677. The number of carboxylic acids is 1. The highest BCUT2D eigenvalue weighted by atomic mass is 19.1. The van der Waals surface area contributed by atoms with Gasteiger partial charge in [0.25, 0.3) is 0 Å². The Labute approximate surface area is 138 Å². The Morgan fingerprint density at radius 1 is 1.25 bits per heavy atom. The van der Waals surface area contributed by atoms with Crippen LogP contribution in [0.25, 0.3) is 10.9 Å². The van der Waals surface area contributed by atoms with Crippen molar-refractivity contribution in [1.29, 1.82) is 0 Å². The summed E-state index contributed by atoms with van der Waals surface area (Å²) in [6.45, 7) is 1.83. The van der Waals surface area contributed by atoms with E-state index in [1.54, 1.807) is 0 Å². The van der Waals surface area contributed by atoms with E-state index in [-0.39, 0.29) is 11.9 Å². The van der Waals surface area contributed by atoms with Crippen LogP contribution < -0.4 is 5.32 Å². The number of aryl methyl sites for hydroxylation is 1. The molecule has 2 unspecified atom stereocenters. The van der Waals surface area contributed by atoms with E-state index in [9.17, 15) is 14.3 Å². The number of carbonyl (C=O) groups is 1. The average Bonchev–Trinajstić information content (AvgIpc) is 2.91. The number of hydrogen-bond acceptors (Lipinski definition) is 2. The summed E-state index contributed by atoms with van der Waals surface area (Å²) in [4.78, 5) is 15.0. The Hall–Kier alpha value is -2.66. The van der Waals surface area contributed by atoms with Gasteiger partial charge in [-0.1, -0.05) is 24.3 Å². The molecule has 4 nitrogen and oxygen atoms in total. The van der Waals surface area contributed by atoms with Gasteiger partial charge in [0.2, 0.25) is 0 Å². The zero-order valence-electron chi connectivity index (χ0n) is 13.1. The molecule has 24 heavy (non-hydrogen) atoms. The lowest BCUT2D eigenvalue weighted by atomic mass is 9.90. The van der Waals surface area contributed by atoms with E-state index >= 15 is 0 Å². The fourth-order valence-corrected chi connectivity index (χ4v) is 3.59. The van der Waals surface area contributed by atoms with Gasteiger partial charge in [-0.05, 0) is 41.8 Å². The molecule has 0 aliphatic carbocycles. The highest BCUT2D eigenvalue weighted by molar-refractivity contribution is 5.87. The second-order valence-corrected chi connectivity index (χ2v) is 6.32. The number of hydrogen-bond donors (Lipinski definition) is 3. The smallest absolute Gasteiger partial charge is 0.321 e. The van der Waals surface area contributed by atoms with Gasteiger partial charge in [-0.2, -0.15) is 0 Å². The fourth-order valence-electron chi connectivity index (χ4n) is 3.59. The van der Waals surface area contributed by atoms with Crippen LogP contribution in [-0.2, 0) is 11.2 Å². The maximum absolute atomic E-state index is 13.9. The van der Waals surface area contributed by atoms with E-state index in [0.29, 0.717) is 6.42 Å². The third kappa shape index (κ3) is 2.37. The van der Waals surface area contributed by atoms with Gasteiger partial charge in [-0.3, -0.25) is 10.1 Å². The van der Waals surface area contributed by atoms with Crippen LogP contribution in [0.3, 0.4) is 0 Å². The molecule has 1 aliphatic rings. The summed E-state index contributed by atoms with van der Waals surface area (Å²) < 4.78 is 13.9. The minimum absolute atomic E-state index is 0.318. The Balaban J connectivity index is 1.92. The Morgan fingerprint density at radius 3 is 2.79 bits per heavy atom. The third-order valence-electron chi connectivity index (χ3n) is 4.61. The molecule has 1 aromatic heterocycles. The predicted octanol–water partition coefficient (Wildman–Crippen LogP) is 3.30. The van der Waals surface area contributed by atoms with Crippen LogP contribution in [-0.4, -0.2) is 22.1 Å². The number of aliphatic carboxylic acids is 1. The molecule has 1 aliphatic heterocycles. The predicted molar refractivity (Wildman–Crippen MR) is 89.5 cm³/mol. The molecule has 3 N–H and O–H groups in total. The van der Waals surface area contributed by atoms with Gasteiger partial charge in [-0.25, -0.2) is 4.39 Å². The molecule has 2 aromatic carbocycles. The molecule has 0 amide bonds. The molecule has 3 aromatic rings. The standard InChI is InChI=1S/C19H17FN2O2/c1-10-6-11(8-12(20)7-10)17-18-14(9-16(22-17)19(23)24)13-4-2-3-5-15(13)21-18/h2-8,16-17,21-22H,9H2,1H3,(H,23,24). The van der Waals surface area contributed by atoms with Crippen LogP contribution in [0.1, 0.15) is 28.4 Å². The fraction of sp³-hybridized carbons (Fsp3) is 0.211. The summed E-state index contributed by atoms with van der Waals surface area (Å²) in [5.41, 5.74) is 4.41. The first-order valence-electron chi connectivity index (χ1n) is 7.88. The Kier molecular flexibility index (Phi) is 3.39. The number of halogens is 1. The molecule has 4 rings (SSSR count). The summed E-state index contributed by atoms with van der Waals surface area (Å²) in [7, 11) is 0. The third-order valence-corrected chi connectivity index (χ3v) is 4.61. The maximum atomic E-state index is 13.9. The van der Waals surface area contributed by atoms with Crippen molar-refractivity contribution in [2.45, 2.75) is 25.4 Å². The lowest BCUT2D eigenvalue weighted by Crippen LogP contribution is -2.45.